The summed E-state index contributed by atoms with van der Waals surface area (Å²) in [5.74, 6) is 0.578. The number of aromatic nitrogens is 3. The standard InChI is InChI=1S/C12H17N5/c1-9(2)13-7-8-14-12-15-10-5-3-4-6-11(10)16-17-12/h3-6,9,13H,7-8H2,1-2H3,(H,14,15,17). The van der Waals surface area contributed by atoms with Gasteiger partial charge in [0, 0.05) is 19.1 Å². The van der Waals surface area contributed by atoms with Crippen LogP contribution in [-0.4, -0.2) is 34.3 Å². The fourth-order valence-electron chi connectivity index (χ4n) is 1.49. The summed E-state index contributed by atoms with van der Waals surface area (Å²) in [6, 6.07) is 8.20. The third-order valence-electron chi connectivity index (χ3n) is 2.32. The lowest BCUT2D eigenvalue weighted by molar-refractivity contribution is 0.601. The van der Waals surface area contributed by atoms with E-state index in [2.05, 4.69) is 39.7 Å². The average molecular weight is 231 g/mol. The second-order valence-electron chi connectivity index (χ2n) is 4.16. The third kappa shape index (κ3) is 3.35. The van der Waals surface area contributed by atoms with Gasteiger partial charge in [-0.2, -0.15) is 0 Å². The first kappa shape index (κ1) is 11.7. The number of nitrogens with one attached hydrogen (secondary N) is 2. The molecule has 2 aromatic rings. The molecule has 1 heterocycles. The van der Waals surface area contributed by atoms with E-state index in [1.807, 2.05) is 24.3 Å². The molecule has 0 aliphatic rings. The molecular weight excluding hydrogens is 214 g/mol. The monoisotopic (exact) mass is 231 g/mol. The van der Waals surface area contributed by atoms with Crippen molar-refractivity contribution in [1.82, 2.24) is 20.5 Å². The number of rotatable bonds is 5. The molecule has 0 atom stereocenters. The van der Waals surface area contributed by atoms with Gasteiger partial charge in [0.25, 0.3) is 0 Å². The molecule has 0 radical (unpaired) electrons. The number of para-hydroxylation sites is 1. The maximum absolute atomic E-state index is 4.38. The maximum atomic E-state index is 4.38. The highest BCUT2D eigenvalue weighted by atomic mass is 15.2. The Labute approximate surface area is 101 Å². The van der Waals surface area contributed by atoms with Crippen LogP contribution in [0.15, 0.2) is 24.3 Å². The molecule has 90 valence electrons. The van der Waals surface area contributed by atoms with E-state index >= 15 is 0 Å². The first-order valence-corrected chi connectivity index (χ1v) is 5.82. The van der Waals surface area contributed by atoms with Crippen molar-refractivity contribution < 1.29 is 0 Å². The maximum Gasteiger partial charge on any atom is 0.243 e. The Morgan fingerprint density at radius 3 is 2.59 bits per heavy atom. The lowest BCUT2D eigenvalue weighted by Gasteiger charge is -2.08. The van der Waals surface area contributed by atoms with Crippen LogP contribution in [0.1, 0.15) is 13.8 Å². The van der Waals surface area contributed by atoms with Crippen molar-refractivity contribution in [2.24, 2.45) is 0 Å². The van der Waals surface area contributed by atoms with Gasteiger partial charge in [-0.1, -0.05) is 26.0 Å². The largest absolute Gasteiger partial charge is 0.352 e. The summed E-state index contributed by atoms with van der Waals surface area (Å²) in [5.41, 5.74) is 1.68. The van der Waals surface area contributed by atoms with Gasteiger partial charge >= 0.3 is 0 Å². The highest BCUT2D eigenvalue weighted by Gasteiger charge is 1.99. The fourth-order valence-corrected chi connectivity index (χ4v) is 1.49. The van der Waals surface area contributed by atoms with E-state index in [0.29, 0.717) is 12.0 Å². The Balaban J connectivity index is 1.95. The van der Waals surface area contributed by atoms with Gasteiger partial charge in [0.1, 0.15) is 5.52 Å². The van der Waals surface area contributed by atoms with E-state index in [1.165, 1.54) is 0 Å². The number of nitrogens with zero attached hydrogens (tertiary/aromatic N) is 3. The Kier molecular flexibility index (Phi) is 3.82. The Morgan fingerprint density at radius 1 is 1.06 bits per heavy atom. The molecule has 5 heteroatoms. The van der Waals surface area contributed by atoms with Crippen molar-refractivity contribution in [2.45, 2.75) is 19.9 Å². The summed E-state index contributed by atoms with van der Waals surface area (Å²) < 4.78 is 0. The number of hydrogen-bond acceptors (Lipinski definition) is 5. The minimum atomic E-state index is 0.493. The molecule has 0 aliphatic carbocycles. The fraction of sp³-hybridized carbons (Fsp3) is 0.417. The lowest BCUT2D eigenvalue weighted by atomic mass is 10.3. The molecule has 0 fully saturated rings. The van der Waals surface area contributed by atoms with Crippen LogP contribution in [0.3, 0.4) is 0 Å². The van der Waals surface area contributed by atoms with Crippen LogP contribution in [0.25, 0.3) is 11.0 Å². The van der Waals surface area contributed by atoms with Crippen molar-refractivity contribution in [3.05, 3.63) is 24.3 Å². The first-order chi connectivity index (χ1) is 8.25. The van der Waals surface area contributed by atoms with Crippen LogP contribution in [0.4, 0.5) is 5.95 Å². The van der Waals surface area contributed by atoms with Gasteiger partial charge in [-0.15, -0.1) is 10.2 Å². The van der Waals surface area contributed by atoms with Crippen LogP contribution in [0.2, 0.25) is 0 Å². The van der Waals surface area contributed by atoms with E-state index in [0.717, 1.165) is 24.1 Å². The van der Waals surface area contributed by atoms with Crippen LogP contribution < -0.4 is 10.6 Å². The van der Waals surface area contributed by atoms with Gasteiger partial charge in [-0.25, -0.2) is 4.98 Å². The molecular formula is C12H17N5. The van der Waals surface area contributed by atoms with Gasteiger partial charge < -0.3 is 10.6 Å². The normalized spacial score (nSPS) is 11.0. The molecule has 5 nitrogen and oxygen atoms in total. The van der Waals surface area contributed by atoms with Crippen molar-refractivity contribution in [3.63, 3.8) is 0 Å². The third-order valence-corrected chi connectivity index (χ3v) is 2.32. The molecule has 2 rings (SSSR count). The highest BCUT2D eigenvalue weighted by molar-refractivity contribution is 5.73. The summed E-state index contributed by atoms with van der Waals surface area (Å²) in [5, 5.41) is 14.6. The zero-order chi connectivity index (χ0) is 12.1. The lowest BCUT2D eigenvalue weighted by Crippen LogP contribution is -2.28. The molecule has 0 amide bonds. The van der Waals surface area contributed by atoms with Gasteiger partial charge in [0.2, 0.25) is 5.95 Å². The Bertz CT molecular complexity index is 483. The van der Waals surface area contributed by atoms with Gasteiger partial charge in [0.05, 0.1) is 5.52 Å². The number of hydrogen-bond donors (Lipinski definition) is 2. The molecule has 0 unspecified atom stereocenters. The molecule has 17 heavy (non-hydrogen) atoms. The van der Waals surface area contributed by atoms with Gasteiger partial charge in [0.15, 0.2) is 0 Å². The SMILES string of the molecule is CC(C)NCCNc1nnc2ccccc2n1. The van der Waals surface area contributed by atoms with Gasteiger partial charge in [-0.05, 0) is 12.1 Å². The molecule has 0 aliphatic heterocycles. The van der Waals surface area contributed by atoms with E-state index in [9.17, 15) is 0 Å². The number of benzene rings is 1. The summed E-state index contributed by atoms with van der Waals surface area (Å²) >= 11 is 0. The number of fused-ring (bicyclic) bond motifs is 1. The van der Waals surface area contributed by atoms with E-state index in [-0.39, 0.29) is 0 Å². The molecule has 1 aromatic heterocycles. The molecule has 0 saturated carbocycles. The number of anilines is 1. The van der Waals surface area contributed by atoms with E-state index in [4.69, 9.17) is 0 Å². The van der Waals surface area contributed by atoms with Crippen LogP contribution in [-0.2, 0) is 0 Å². The Morgan fingerprint density at radius 2 is 1.82 bits per heavy atom. The average Bonchev–Trinajstić information content (AvgIpc) is 2.34. The van der Waals surface area contributed by atoms with Crippen molar-refractivity contribution >= 4 is 17.0 Å². The minimum Gasteiger partial charge on any atom is -0.352 e. The van der Waals surface area contributed by atoms with Crippen LogP contribution in [0.5, 0.6) is 0 Å². The van der Waals surface area contributed by atoms with Crippen LogP contribution in [0, 0.1) is 0 Å². The summed E-state index contributed by atoms with van der Waals surface area (Å²) in [4.78, 5) is 4.38. The quantitative estimate of drug-likeness (QED) is 0.762. The molecule has 1 aromatic carbocycles. The van der Waals surface area contributed by atoms with E-state index < -0.39 is 0 Å². The van der Waals surface area contributed by atoms with Crippen molar-refractivity contribution in [1.29, 1.82) is 0 Å². The predicted molar refractivity (Wildman–Crippen MR) is 69.0 cm³/mol. The van der Waals surface area contributed by atoms with Crippen molar-refractivity contribution in [2.75, 3.05) is 18.4 Å². The van der Waals surface area contributed by atoms with Crippen LogP contribution >= 0.6 is 0 Å². The topological polar surface area (TPSA) is 62.7 Å². The second kappa shape index (κ2) is 5.54. The highest BCUT2D eigenvalue weighted by Crippen LogP contribution is 2.08. The summed E-state index contributed by atoms with van der Waals surface area (Å²) in [6.07, 6.45) is 0. The van der Waals surface area contributed by atoms with E-state index in [1.54, 1.807) is 0 Å². The van der Waals surface area contributed by atoms with Crippen molar-refractivity contribution in [3.8, 4) is 0 Å². The predicted octanol–water partition coefficient (Wildman–Crippen LogP) is 1.43. The zero-order valence-electron chi connectivity index (χ0n) is 10.1. The first-order valence-electron chi connectivity index (χ1n) is 5.82. The summed E-state index contributed by atoms with van der Waals surface area (Å²) in [6.45, 7) is 5.91. The smallest absolute Gasteiger partial charge is 0.243 e. The Hall–Kier alpha value is -1.75. The summed E-state index contributed by atoms with van der Waals surface area (Å²) in [7, 11) is 0. The molecule has 0 bridgehead atoms. The zero-order valence-corrected chi connectivity index (χ0v) is 10.1. The molecule has 2 N–H and O–H groups in total. The minimum absolute atomic E-state index is 0.493. The van der Waals surface area contributed by atoms with Gasteiger partial charge in [-0.3, -0.25) is 0 Å². The molecule has 0 spiro atoms. The molecule has 0 saturated heterocycles. The second-order valence-corrected chi connectivity index (χ2v) is 4.16.